The van der Waals surface area contributed by atoms with Crippen LogP contribution in [-0.2, 0) is 17.8 Å². The second-order valence-corrected chi connectivity index (χ2v) is 4.10. The molecule has 0 unspecified atom stereocenters. The molecule has 2 rings (SSSR count). The van der Waals surface area contributed by atoms with E-state index in [1.54, 1.807) is 0 Å². The fourth-order valence-corrected chi connectivity index (χ4v) is 1.70. The van der Waals surface area contributed by atoms with Gasteiger partial charge in [0.05, 0.1) is 24.8 Å². The molecule has 0 heterocycles. The lowest BCUT2D eigenvalue weighted by Gasteiger charge is -2.04. The first-order chi connectivity index (χ1) is 8.88. The Balaban J connectivity index is 1.74. The van der Waals surface area contributed by atoms with E-state index < -0.39 is 0 Å². The molecule has 2 nitrogen and oxygen atoms in total. The minimum absolute atomic E-state index is 0.650. The van der Waals surface area contributed by atoms with Crippen molar-refractivity contribution in [3.05, 3.63) is 71.3 Å². The van der Waals surface area contributed by atoms with Gasteiger partial charge in [-0.2, -0.15) is 5.26 Å². The first kappa shape index (κ1) is 12.3. The highest BCUT2D eigenvalue weighted by Crippen LogP contribution is 2.05. The van der Waals surface area contributed by atoms with E-state index in [0.717, 1.165) is 6.42 Å². The number of ether oxygens (including phenoxy) is 1. The summed E-state index contributed by atoms with van der Waals surface area (Å²) in [6.45, 7) is 1.35. The first-order valence-corrected chi connectivity index (χ1v) is 5.99. The van der Waals surface area contributed by atoms with Gasteiger partial charge >= 0.3 is 0 Å². The number of benzene rings is 2. The lowest BCUT2D eigenvalue weighted by atomic mass is 10.1. The van der Waals surface area contributed by atoms with E-state index in [2.05, 4.69) is 18.2 Å². The number of hydrogen-bond acceptors (Lipinski definition) is 2. The van der Waals surface area contributed by atoms with E-state index >= 15 is 0 Å². The standard InChI is InChI=1S/C16H15NO/c17-12-15-8-6-14(7-9-15)10-11-18-13-16-4-2-1-3-5-16/h1-9H,10-11,13H2. The number of nitriles is 1. The van der Waals surface area contributed by atoms with Crippen molar-refractivity contribution in [3.63, 3.8) is 0 Å². The van der Waals surface area contributed by atoms with Crippen LogP contribution in [0.2, 0.25) is 0 Å². The first-order valence-electron chi connectivity index (χ1n) is 5.99. The fourth-order valence-electron chi connectivity index (χ4n) is 1.70. The van der Waals surface area contributed by atoms with Crippen LogP contribution in [0, 0.1) is 11.3 Å². The molecule has 2 aromatic carbocycles. The molecule has 0 spiro atoms. The zero-order chi connectivity index (χ0) is 12.6. The van der Waals surface area contributed by atoms with Crippen molar-refractivity contribution < 1.29 is 4.74 Å². The van der Waals surface area contributed by atoms with Crippen molar-refractivity contribution in [2.45, 2.75) is 13.0 Å². The van der Waals surface area contributed by atoms with Crippen molar-refractivity contribution in [1.29, 1.82) is 5.26 Å². The van der Waals surface area contributed by atoms with Crippen LogP contribution in [0.3, 0.4) is 0 Å². The van der Waals surface area contributed by atoms with Crippen molar-refractivity contribution in [1.82, 2.24) is 0 Å². The van der Waals surface area contributed by atoms with Crippen LogP contribution < -0.4 is 0 Å². The summed E-state index contributed by atoms with van der Waals surface area (Å²) in [5.74, 6) is 0. The molecule has 0 bridgehead atoms. The smallest absolute Gasteiger partial charge is 0.0991 e. The monoisotopic (exact) mass is 237 g/mol. The van der Waals surface area contributed by atoms with E-state index in [1.165, 1.54) is 11.1 Å². The van der Waals surface area contributed by atoms with Crippen molar-refractivity contribution in [3.8, 4) is 6.07 Å². The Morgan fingerprint density at radius 3 is 2.28 bits per heavy atom. The van der Waals surface area contributed by atoms with Gasteiger partial charge in [0, 0.05) is 0 Å². The molecule has 0 aliphatic carbocycles. The van der Waals surface area contributed by atoms with Crippen molar-refractivity contribution in [2.24, 2.45) is 0 Å². The maximum atomic E-state index is 8.69. The Hall–Kier alpha value is -2.11. The van der Waals surface area contributed by atoms with Gasteiger partial charge in [0.2, 0.25) is 0 Å². The van der Waals surface area contributed by atoms with Gasteiger partial charge in [-0.3, -0.25) is 0 Å². The number of hydrogen-bond donors (Lipinski definition) is 0. The number of rotatable bonds is 5. The largest absolute Gasteiger partial charge is 0.376 e. The minimum Gasteiger partial charge on any atom is -0.376 e. The van der Waals surface area contributed by atoms with E-state index in [-0.39, 0.29) is 0 Å². The quantitative estimate of drug-likeness (QED) is 0.747. The number of nitrogens with zero attached hydrogens (tertiary/aromatic N) is 1. The molecule has 0 amide bonds. The average molecular weight is 237 g/mol. The van der Waals surface area contributed by atoms with E-state index in [0.29, 0.717) is 18.8 Å². The second kappa shape index (κ2) is 6.58. The molecule has 0 radical (unpaired) electrons. The van der Waals surface area contributed by atoms with Crippen LogP contribution in [0.4, 0.5) is 0 Å². The van der Waals surface area contributed by atoms with Gasteiger partial charge in [-0.25, -0.2) is 0 Å². The SMILES string of the molecule is N#Cc1ccc(CCOCc2ccccc2)cc1. The predicted molar refractivity (Wildman–Crippen MR) is 71.0 cm³/mol. The van der Waals surface area contributed by atoms with Crippen LogP contribution in [0.5, 0.6) is 0 Å². The Labute approximate surface area is 107 Å². The van der Waals surface area contributed by atoms with Gasteiger partial charge in [0.25, 0.3) is 0 Å². The molecule has 0 fully saturated rings. The lowest BCUT2D eigenvalue weighted by Crippen LogP contribution is -1.99. The third kappa shape index (κ3) is 3.73. The molecule has 0 aliphatic rings. The molecule has 2 heteroatoms. The highest BCUT2D eigenvalue weighted by molar-refractivity contribution is 5.31. The summed E-state index contributed by atoms with van der Waals surface area (Å²) in [5, 5.41) is 8.69. The summed E-state index contributed by atoms with van der Waals surface area (Å²) in [4.78, 5) is 0. The molecule has 0 atom stereocenters. The predicted octanol–water partition coefficient (Wildman–Crippen LogP) is 3.32. The van der Waals surface area contributed by atoms with Crippen molar-refractivity contribution in [2.75, 3.05) is 6.61 Å². The lowest BCUT2D eigenvalue weighted by molar-refractivity contribution is 0.124. The van der Waals surface area contributed by atoms with Gasteiger partial charge in [-0.15, -0.1) is 0 Å². The fraction of sp³-hybridized carbons (Fsp3) is 0.188. The summed E-state index contributed by atoms with van der Waals surface area (Å²) in [6, 6.07) is 19.9. The maximum Gasteiger partial charge on any atom is 0.0991 e. The van der Waals surface area contributed by atoms with E-state index in [9.17, 15) is 0 Å². The summed E-state index contributed by atoms with van der Waals surface area (Å²) in [7, 11) is 0. The molecular weight excluding hydrogens is 222 g/mol. The van der Waals surface area contributed by atoms with Gasteiger partial charge in [-0.1, -0.05) is 42.5 Å². The third-order valence-electron chi connectivity index (χ3n) is 2.73. The third-order valence-corrected chi connectivity index (χ3v) is 2.73. The Morgan fingerprint density at radius 1 is 0.889 bits per heavy atom. The molecule has 0 aliphatic heterocycles. The molecule has 18 heavy (non-hydrogen) atoms. The van der Waals surface area contributed by atoms with Crippen molar-refractivity contribution >= 4 is 0 Å². The van der Waals surface area contributed by atoms with Gasteiger partial charge in [0.1, 0.15) is 0 Å². The van der Waals surface area contributed by atoms with Crippen LogP contribution in [-0.4, -0.2) is 6.61 Å². The van der Waals surface area contributed by atoms with Crippen LogP contribution in [0.15, 0.2) is 54.6 Å². The summed E-state index contributed by atoms with van der Waals surface area (Å²) in [5.41, 5.74) is 3.09. The minimum atomic E-state index is 0.650. The molecule has 0 saturated carbocycles. The van der Waals surface area contributed by atoms with E-state index in [1.807, 2.05) is 42.5 Å². The van der Waals surface area contributed by atoms with Crippen LogP contribution in [0.1, 0.15) is 16.7 Å². The summed E-state index contributed by atoms with van der Waals surface area (Å²) >= 11 is 0. The summed E-state index contributed by atoms with van der Waals surface area (Å²) in [6.07, 6.45) is 0.874. The zero-order valence-electron chi connectivity index (χ0n) is 10.2. The highest BCUT2D eigenvalue weighted by atomic mass is 16.5. The maximum absolute atomic E-state index is 8.69. The van der Waals surface area contributed by atoms with Gasteiger partial charge in [-0.05, 0) is 29.7 Å². The molecular formula is C16H15NO. The average Bonchev–Trinajstić information content (AvgIpc) is 2.45. The topological polar surface area (TPSA) is 33.0 Å². The molecule has 0 saturated heterocycles. The molecule has 2 aromatic rings. The second-order valence-electron chi connectivity index (χ2n) is 4.10. The molecule has 0 aromatic heterocycles. The van der Waals surface area contributed by atoms with Crippen LogP contribution >= 0.6 is 0 Å². The Bertz CT molecular complexity index is 511. The van der Waals surface area contributed by atoms with Gasteiger partial charge in [0.15, 0.2) is 0 Å². The van der Waals surface area contributed by atoms with Crippen LogP contribution in [0.25, 0.3) is 0 Å². The molecule has 0 N–H and O–H groups in total. The Kier molecular flexibility index (Phi) is 4.52. The molecule has 90 valence electrons. The normalized spacial score (nSPS) is 9.94. The summed E-state index contributed by atoms with van der Waals surface area (Å²) < 4.78 is 5.62. The zero-order valence-corrected chi connectivity index (χ0v) is 10.2. The Morgan fingerprint density at radius 2 is 1.61 bits per heavy atom. The van der Waals surface area contributed by atoms with Gasteiger partial charge < -0.3 is 4.74 Å². The highest BCUT2D eigenvalue weighted by Gasteiger charge is 1.95. The van der Waals surface area contributed by atoms with E-state index in [4.69, 9.17) is 10.00 Å².